The van der Waals surface area contributed by atoms with Gasteiger partial charge in [-0.1, -0.05) is 72.8 Å². The Morgan fingerprint density at radius 1 is 0.857 bits per heavy atom. The highest BCUT2D eigenvalue weighted by molar-refractivity contribution is 6.01. The molecule has 6 rings (SSSR count). The van der Waals surface area contributed by atoms with Gasteiger partial charge in [0.05, 0.1) is 18.9 Å². The van der Waals surface area contributed by atoms with Gasteiger partial charge in [-0.15, -0.1) is 0 Å². The van der Waals surface area contributed by atoms with Crippen molar-refractivity contribution in [3.63, 3.8) is 0 Å². The van der Waals surface area contributed by atoms with Crippen LogP contribution >= 0.6 is 0 Å². The SMILES string of the molecule is COc1cccc2c1OC(c1ccc(OCc3ccccc3)cc1)N1N=C(c3ccccc3)CC21. The fourth-order valence-corrected chi connectivity index (χ4v) is 4.74. The number of fused-ring (bicyclic) bond motifs is 3. The number of hydrogen-bond acceptors (Lipinski definition) is 5. The lowest BCUT2D eigenvalue weighted by Gasteiger charge is -2.38. The normalized spacial score (nSPS) is 18.2. The quantitative estimate of drug-likeness (QED) is 0.327. The van der Waals surface area contributed by atoms with Crippen LogP contribution in [0.3, 0.4) is 0 Å². The largest absolute Gasteiger partial charge is 0.493 e. The number of methoxy groups -OCH3 is 1. The first-order valence-electron chi connectivity index (χ1n) is 11.8. The average molecular weight is 463 g/mol. The summed E-state index contributed by atoms with van der Waals surface area (Å²) in [4.78, 5) is 0. The van der Waals surface area contributed by atoms with Crippen molar-refractivity contribution >= 4 is 5.71 Å². The molecule has 0 aliphatic carbocycles. The zero-order valence-electron chi connectivity index (χ0n) is 19.5. The van der Waals surface area contributed by atoms with E-state index in [0.29, 0.717) is 6.61 Å². The van der Waals surface area contributed by atoms with Gasteiger partial charge in [0.15, 0.2) is 11.5 Å². The summed E-state index contributed by atoms with van der Waals surface area (Å²) in [6.45, 7) is 0.531. The summed E-state index contributed by atoms with van der Waals surface area (Å²) in [6, 6.07) is 34.7. The second kappa shape index (κ2) is 9.18. The lowest BCUT2D eigenvalue weighted by Crippen LogP contribution is -2.33. The maximum absolute atomic E-state index is 6.56. The first kappa shape index (κ1) is 21.3. The van der Waals surface area contributed by atoms with Crippen molar-refractivity contribution in [1.82, 2.24) is 5.01 Å². The molecule has 2 heterocycles. The maximum atomic E-state index is 6.56. The molecule has 2 atom stereocenters. The topological polar surface area (TPSA) is 43.3 Å². The molecule has 5 nitrogen and oxygen atoms in total. The van der Waals surface area contributed by atoms with E-state index in [1.807, 2.05) is 60.7 Å². The molecule has 4 aromatic rings. The van der Waals surface area contributed by atoms with Crippen molar-refractivity contribution < 1.29 is 14.2 Å². The summed E-state index contributed by atoms with van der Waals surface area (Å²) in [5, 5.41) is 7.13. The molecule has 0 fully saturated rings. The molecule has 0 saturated heterocycles. The molecule has 0 aromatic heterocycles. The molecule has 2 aliphatic rings. The van der Waals surface area contributed by atoms with E-state index in [1.54, 1.807) is 7.11 Å². The molecule has 0 N–H and O–H groups in total. The van der Waals surface area contributed by atoms with Crippen molar-refractivity contribution in [3.8, 4) is 17.2 Å². The van der Waals surface area contributed by atoms with Gasteiger partial charge in [0.25, 0.3) is 0 Å². The predicted molar refractivity (Wildman–Crippen MR) is 136 cm³/mol. The van der Waals surface area contributed by atoms with Crippen LogP contribution in [0.2, 0.25) is 0 Å². The van der Waals surface area contributed by atoms with Gasteiger partial charge in [0.2, 0.25) is 6.23 Å². The van der Waals surface area contributed by atoms with Gasteiger partial charge in [-0.2, -0.15) is 5.10 Å². The summed E-state index contributed by atoms with van der Waals surface area (Å²) in [7, 11) is 1.68. The zero-order valence-corrected chi connectivity index (χ0v) is 19.5. The van der Waals surface area contributed by atoms with Gasteiger partial charge in [-0.3, -0.25) is 0 Å². The Kier molecular flexibility index (Phi) is 5.59. The van der Waals surface area contributed by atoms with Crippen molar-refractivity contribution in [2.75, 3.05) is 7.11 Å². The number of hydrazone groups is 1. The number of para-hydroxylation sites is 1. The van der Waals surface area contributed by atoms with Gasteiger partial charge >= 0.3 is 0 Å². The molecule has 35 heavy (non-hydrogen) atoms. The summed E-state index contributed by atoms with van der Waals surface area (Å²) in [5.41, 5.74) is 5.44. The Morgan fingerprint density at radius 3 is 2.34 bits per heavy atom. The Bertz CT molecular complexity index is 1340. The van der Waals surface area contributed by atoms with Crippen molar-refractivity contribution in [2.24, 2.45) is 5.10 Å². The van der Waals surface area contributed by atoms with Crippen LogP contribution in [0.4, 0.5) is 0 Å². The highest BCUT2D eigenvalue weighted by atomic mass is 16.5. The predicted octanol–water partition coefficient (Wildman–Crippen LogP) is 6.52. The Hall–Kier alpha value is -4.25. The van der Waals surface area contributed by atoms with Crippen LogP contribution < -0.4 is 14.2 Å². The lowest BCUT2D eigenvalue weighted by atomic mass is 9.95. The molecule has 4 aromatic carbocycles. The van der Waals surface area contributed by atoms with Gasteiger partial charge < -0.3 is 14.2 Å². The number of benzene rings is 4. The average Bonchev–Trinajstić information content (AvgIpc) is 3.38. The molecule has 174 valence electrons. The Morgan fingerprint density at radius 2 is 1.60 bits per heavy atom. The van der Waals surface area contributed by atoms with Gasteiger partial charge in [0.1, 0.15) is 12.4 Å². The number of nitrogens with zero attached hydrogens (tertiary/aromatic N) is 2. The summed E-state index contributed by atoms with van der Waals surface area (Å²) in [6.07, 6.45) is 0.440. The van der Waals surface area contributed by atoms with E-state index < -0.39 is 0 Å². The highest BCUT2D eigenvalue weighted by Gasteiger charge is 2.42. The van der Waals surface area contributed by atoms with Crippen LogP contribution in [0.5, 0.6) is 17.2 Å². The Labute approximate surface area is 205 Å². The summed E-state index contributed by atoms with van der Waals surface area (Å²) < 4.78 is 18.2. The number of ether oxygens (including phenoxy) is 3. The van der Waals surface area contributed by atoms with E-state index in [1.165, 1.54) is 0 Å². The maximum Gasteiger partial charge on any atom is 0.214 e. The van der Waals surface area contributed by atoms with Gasteiger partial charge in [0, 0.05) is 17.5 Å². The molecule has 0 saturated carbocycles. The highest BCUT2D eigenvalue weighted by Crippen LogP contribution is 2.50. The second-order valence-corrected chi connectivity index (χ2v) is 8.70. The van der Waals surface area contributed by atoms with E-state index in [2.05, 4.69) is 47.5 Å². The molecule has 0 radical (unpaired) electrons. The van der Waals surface area contributed by atoms with Gasteiger partial charge in [-0.25, -0.2) is 5.01 Å². The molecule has 0 spiro atoms. The zero-order chi connectivity index (χ0) is 23.6. The fraction of sp³-hybridized carbons (Fsp3) is 0.167. The third-order valence-electron chi connectivity index (χ3n) is 6.52. The van der Waals surface area contributed by atoms with E-state index in [9.17, 15) is 0 Å². The minimum Gasteiger partial charge on any atom is -0.493 e. The van der Waals surface area contributed by atoms with E-state index in [0.717, 1.165) is 51.6 Å². The van der Waals surface area contributed by atoms with Gasteiger partial charge in [-0.05, 0) is 41.5 Å². The van der Waals surface area contributed by atoms with Crippen LogP contribution in [0.25, 0.3) is 0 Å². The lowest BCUT2D eigenvalue weighted by molar-refractivity contribution is -0.0209. The third kappa shape index (κ3) is 4.10. The van der Waals surface area contributed by atoms with E-state index >= 15 is 0 Å². The van der Waals surface area contributed by atoms with Crippen LogP contribution in [0.15, 0.2) is 108 Å². The first-order valence-corrected chi connectivity index (χ1v) is 11.8. The molecular weight excluding hydrogens is 436 g/mol. The van der Waals surface area contributed by atoms with E-state index in [4.69, 9.17) is 19.3 Å². The number of hydrogen-bond donors (Lipinski definition) is 0. The van der Waals surface area contributed by atoms with Crippen LogP contribution in [0.1, 0.15) is 40.9 Å². The van der Waals surface area contributed by atoms with Crippen LogP contribution in [-0.4, -0.2) is 17.8 Å². The van der Waals surface area contributed by atoms with Crippen molar-refractivity contribution in [2.45, 2.75) is 25.3 Å². The minimum absolute atomic E-state index is 0.0723. The molecular formula is C30H26N2O3. The molecule has 5 heteroatoms. The fourth-order valence-electron chi connectivity index (χ4n) is 4.74. The summed E-state index contributed by atoms with van der Waals surface area (Å²) in [5.74, 6) is 2.34. The van der Waals surface area contributed by atoms with Crippen LogP contribution in [0, 0.1) is 0 Å². The minimum atomic E-state index is -0.367. The molecule has 2 aliphatic heterocycles. The van der Waals surface area contributed by atoms with Crippen molar-refractivity contribution in [1.29, 1.82) is 0 Å². The molecule has 0 amide bonds. The Balaban J connectivity index is 1.31. The summed E-state index contributed by atoms with van der Waals surface area (Å²) >= 11 is 0. The van der Waals surface area contributed by atoms with E-state index in [-0.39, 0.29) is 12.3 Å². The molecule has 0 bridgehead atoms. The van der Waals surface area contributed by atoms with Crippen molar-refractivity contribution in [3.05, 3.63) is 125 Å². The standard InChI is InChI=1S/C30H26N2O3/c1-33-28-14-8-13-25-27-19-26(22-11-6-3-7-12-22)31-32(27)30(35-29(25)28)23-15-17-24(18-16-23)34-20-21-9-4-2-5-10-21/h2-18,27,30H,19-20H2,1H3. The second-order valence-electron chi connectivity index (χ2n) is 8.70. The number of rotatable bonds is 6. The van der Waals surface area contributed by atoms with Crippen LogP contribution in [-0.2, 0) is 6.61 Å². The first-order chi connectivity index (χ1) is 17.3. The monoisotopic (exact) mass is 462 g/mol. The smallest absolute Gasteiger partial charge is 0.214 e. The molecule has 2 unspecified atom stereocenters. The third-order valence-corrected chi connectivity index (χ3v) is 6.52.